The van der Waals surface area contributed by atoms with E-state index in [1.807, 2.05) is 0 Å². The zero-order chi connectivity index (χ0) is 16.9. The molecule has 8 heteroatoms. The van der Waals surface area contributed by atoms with Gasteiger partial charge in [0.15, 0.2) is 6.61 Å². The number of ether oxygens (including phenoxy) is 2. The molecule has 0 radical (unpaired) electrons. The number of amides is 1. The van der Waals surface area contributed by atoms with E-state index in [1.165, 1.54) is 29.2 Å². The summed E-state index contributed by atoms with van der Waals surface area (Å²) in [6.07, 6.45) is 1.78. The van der Waals surface area contributed by atoms with E-state index in [4.69, 9.17) is 9.47 Å². The quantitative estimate of drug-likeness (QED) is 0.785. The van der Waals surface area contributed by atoms with E-state index < -0.39 is 10.0 Å². The zero-order valence-electron chi connectivity index (χ0n) is 13.3. The molecule has 1 unspecified atom stereocenters. The molecule has 0 saturated carbocycles. The topological polar surface area (TPSA) is 84.9 Å². The van der Waals surface area contributed by atoms with Gasteiger partial charge in [0.05, 0.1) is 11.0 Å². The predicted molar refractivity (Wildman–Crippen MR) is 84.8 cm³/mol. The van der Waals surface area contributed by atoms with Gasteiger partial charge in [-0.25, -0.2) is 13.1 Å². The van der Waals surface area contributed by atoms with Crippen LogP contribution in [0.2, 0.25) is 0 Å². The van der Waals surface area contributed by atoms with E-state index in [-0.39, 0.29) is 30.1 Å². The van der Waals surface area contributed by atoms with E-state index in [0.717, 1.165) is 12.8 Å². The van der Waals surface area contributed by atoms with Crippen LogP contribution in [0.1, 0.15) is 12.8 Å². The summed E-state index contributed by atoms with van der Waals surface area (Å²) >= 11 is 0. The van der Waals surface area contributed by atoms with E-state index in [2.05, 4.69) is 4.72 Å². The highest BCUT2D eigenvalue weighted by molar-refractivity contribution is 7.89. The fraction of sp³-hybridized carbons (Fsp3) is 0.533. The van der Waals surface area contributed by atoms with Gasteiger partial charge in [0.1, 0.15) is 5.75 Å². The lowest BCUT2D eigenvalue weighted by Gasteiger charge is -2.13. The lowest BCUT2D eigenvalue weighted by Crippen LogP contribution is -2.31. The Balaban J connectivity index is 1.90. The number of sulfonamides is 1. The third-order valence-electron chi connectivity index (χ3n) is 3.52. The molecule has 1 aromatic rings. The molecule has 23 heavy (non-hydrogen) atoms. The SMILES string of the molecule is CN(C)C(=O)COc1ccc(S(=O)(=O)NCC2CCCO2)cc1. The number of carbonyl (C=O) groups is 1. The Morgan fingerprint density at radius 1 is 1.35 bits per heavy atom. The largest absolute Gasteiger partial charge is 0.484 e. The van der Waals surface area contributed by atoms with Crippen molar-refractivity contribution in [3.05, 3.63) is 24.3 Å². The average molecular weight is 342 g/mol. The third-order valence-corrected chi connectivity index (χ3v) is 4.96. The van der Waals surface area contributed by atoms with Gasteiger partial charge >= 0.3 is 0 Å². The fourth-order valence-electron chi connectivity index (χ4n) is 2.08. The number of hydrogen-bond donors (Lipinski definition) is 1. The Hall–Kier alpha value is -1.64. The molecular weight excluding hydrogens is 320 g/mol. The van der Waals surface area contributed by atoms with E-state index in [9.17, 15) is 13.2 Å². The summed E-state index contributed by atoms with van der Waals surface area (Å²) in [6.45, 7) is 0.873. The Morgan fingerprint density at radius 3 is 2.61 bits per heavy atom. The molecule has 1 N–H and O–H groups in total. The Labute approximate surface area is 136 Å². The summed E-state index contributed by atoms with van der Waals surface area (Å²) in [7, 11) is -0.290. The lowest BCUT2D eigenvalue weighted by atomic mass is 10.2. The molecule has 7 nitrogen and oxygen atoms in total. The molecule has 1 heterocycles. The molecule has 1 fully saturated rings. The predicted octanol–water partition coefficient (Wildman–Crippen LogP) is 0.611. The monoisotopic (exact) mass is 342 g/mol. The van der Waals surface area contributed by atoms with Crippen molar-refractivity contribution in [2.45, 2.75) is 23.8 Å². The summed E-state index contributed by atoms with van der Waals surface area (Å²) < 4.78 is 37.6. The summed E-state index contributed by atoms with van der Waals surface area (Å²) in [5.41, 5.74) is 0. The number of nitrogens with zero attached hydrogens (tertiary/aromatic N) is 1. The first kappa shape index (κ1) is 17.7. The highest BCUT2D eigenvalue weighted by Gasteiger charge is 2.20. The summed E-state index contributed by atoms with van der Waals surface area (Å²) in [5, 5.41) is 0. The van der Waals surface area contributed by atoms with Gasteiger partial charge in [-0.15, -0.1) is 0 Å². The molecule has 0 spiro atoms. The molecule has 128 valence electrons. The Kier molecular flexibility index (Phi) is 5.97. The van der Waals surface area contributed by atoms with Gasteiger partial charge in [-0.05, 0) is 37.1 Å². The van der Waals surface area contributed by atoms with Crippen LogP contribution < -0.4 is 9.46 Å². The van der Waals surface area contributed by atoms with Crippen molar-refractivity contribution in [1.82, 2.24) is 9.62 Å². The highest BCUT2D eigenvalue weighted by atomic mass is 32.2. The molecule has 1 saturated heterocycles. The van der Waals surface area contributed by atoms with E-state index in [0.29, 0.717) is 12.4 Å². The van der Waals surface area contributed by atoms with Crippen molar-refractivity contribution in [3.63, 3.8) is 0 Å². The zero-order valence-corrected chi connectivity index (χ0v) is 14.1. The van der Waals surface area contributed by atoms with Crippen LogP contribution in [0.15, 0.2) is 29.2 Å². The van der Waals surface area contributed by atoms with Crippen LogP contribution in [0.4, 0.5) is 0 Å². The van der Waals surface area contributed by atoms with Crippen LogP contribution in [0, 0.1) is 0 Å². The third kappa shape index (κ3) is 5.19. The maximum Gasteiger partial charge on any atom is 0.259 e. The Morgan fingerprint density at radius 2 is 2.04 bits per heavy atom. The van der Waals surface area contributed by atoms with Gasteiger partial charge in [-0.2, -0.15) is 0 Å². The number of hydrogen-bond acceptors (Lipinski definition) is 5. The minimum atomic E-state index is -3.57. The molecule has 1 aromatic carbocycles. The van der Waals surface area contributed by atoms with Crippen LogP contribution in [0.5, 0.6) is 5.75 Å². The number of rotatable bonds is 7. The van der Waals surface area contributed by atoms with Gasteiger partial charge in [0.25, 0.3) is 5.91 Å². The first-order valence-electron chi connectivity index (χ1n) is 7.43. The number of nitrogens with one attached hydrogen (secondary N) is 1. The Bertz CT molecular complexity index is 622. The molecule has 2 rings (SSSR count). The normalized spacial score (nSPS) is 17.9. The second kappa shape index (κ2) is 7.76. The van der Waals surface area contributed by atoms with Gasteiger partial charge in [0.2, 0.25) is 10.0 Å². The average Bonchev–Trinajstić information content (AvgIpc) is 3.04. The van der Waals surface area contributed by atoms with Crippen LogP contribution in [0.3, 0.4) is 0 Å². The number of benzene rings is 1. The number of likely N-dealkylation sites (N-methyl/N-ethyl adjacent to an activating group) is 1. The van der Waals surface area contributed by atoms with Crippen molar-refractivity contribution >= 4 is 15.9 Å². The van der Waals surface area contributed by atoms with Crippen molar-refractivity contribution in [1.29, 1.82) is 0 Å². The van der Waals surface area contributed by atoms with Crippen LogP contribution >= 0.6 is 0 Å². The second-order valence-corrected chi connectivity index (χ2v) is 7.30. The number of carbonyl (C=O) groups excluding carboxylic acids is 1. The second-order valence-electron chi connectivity index (χ2n) is 5.54. The summed E-state index contributed by atoms with van der Waals surface area (Å²) in [5.74, 6) is 0.276. The maximum atomic E-state index is 12.2. The van der Waals surface area contributed by atoms with Crippen LogP contribution in [-0.2, 0) is 19.6 Å². The van der Waals surface area contributed by atoms with Crippen molar-refractivity contribution in [2.24, 2.45) is 0 Å². The molecule has 1 amide bonds. The first-order valence-corrected chi connectivity index (χ1v) is 8.91. The molecule has 0 bridgehead atoms. The first-order chi connectivity index (χ1) is 10.9. The van der Waals surface area contributed by atoms with E-state index >= 15 is 0 Å². The standard InChI is InChI=1S/C15H22N2O5S/c1-17(2)15(18)11-22-12-5-7-14(8-6-12)23(19,20)16-10-13-4-3-9-21-13/h5-8,13,16H,3-4,9-11H2,1-2H3. The smallest absolute Gasteiger partial charge is 0.259 e. The molecule has 1 atom stereocenters. The summed E-state index contributed by atoms with van der Waals surface area (Å²) in [6, 6.07) is 5.97. The van der Waals surface area contributed by atoms with E-state index in [1.54, 1.807) is 14.1 Å². The van der Waals surface area contributed by atoms with Gasteiger partial charge in [-0.1, -0.05) is 0 Å². The van der Waals surface area contributed by atoms with Crippen LogP contribution in [0.25, 0.3) is 0 Å². The van der Waals surface area contributed by atoms with Gasteiger partial charge < -0.3 is 14.4 Å². The van der Waals surface area contributed by atoms with Gasteiger partial charge in [0, 0.05) is 27.2 Å². The molecule has 0 aliphatic carbocycles. The molecule has 1 aliphatic rings. The fourth-order valence-corrected chi connectivity index (χ4v) is 3.15. The lowest BCUT2D eigenvalue weighted by molar-refractivity contribution is -0.130. The molecular formula is C15H22N2O5S. The molecule has 1 aliphatic heterocycles. The summed E-state index contributed by atoms with van der Waals surface area (Å²) in [4.78, 5) is 13.0. The van der Waals surface area contributed by atoms with Gasteiger partial charge in [-0.3, -0.25) is 4.79 Å². The minimum absolute atomic E-state index is 0.0515. The molecule has 0 aromatic heterocycles. The van der Waals surface area contributed by atoms with Crippen molar-refractivity contribution in [2.75, 3.05) is 33.9 Å². The minimum Gasteiger partial charge on any atom is -0.484 e. The van der Waals surface area contributed by atoms with Crippen LogP contribution in [-0.4, -0.2) is 59.2 Å². The van der Waals surface area contributed by atoms with Crippen molar-refractivity contribution in [3.8, 4) is 5.75 Å². The highest BCUT2D eigenvalue weighted by Crippen LogP contribution is 2.17. The van der Waals surface area contributed by atoms with Crippen molar-refractivity contribution < 1.29 is 22.7 Å². The maximum absolute atomic E-state index is 12.2.